The van der Waals surface area contributed by atoms with Gasteiger partial charge in [0, 0.05) is 30.4 Å². The van der Waals surface area contributed by atoms with E-state index >= 15 is 0 Å². The Morgan fingerprint density at radius 2 is 2.11 bits per heavy atom. The van der Waals surface area contributed by atoms with Gasteiger partial charge in [-0.05, 0) is 36.1 Å². The van der Waals surface area contributed by atoms with Crippen LogP contribution in [-0.2, 0) is 16.4 Å². The molecule has 0 aliphatic rings. The molecule has 0 spiro atoms. The number of azide groups is 1. The summed E-state index contributed by atoms with van der Waals surface area (Å²) in [5.74, 6) is 0.0402. The van der Waals surface area contributed by atoms with Gasteiger partial charge < -0.3 is 0 Å². The second-order valence-electron chi connectivity index (χ2n) is 3.63. The fourth-order valence-corrected chi connectivity index (χ4v) is 2.40. The van der Waals surface area contributed by atoms with Crippen molar-refractivity contribution < 1.29 is 8.42 Å². The van der Waals surface area contributed by atoms with E-state index < -0.39 is 10.0 Å². The largest absolute Gasteiger partial charge is 0.265 e. The third-order valence-corrected chi connectivity index (χ3v) is 3.61. The molecule has 1 N–H and O–H groups in total. The first-order valence-corrected chi connectivity index (χ1v) is 7.16. The van der Waals surface area contributed by atoms with Crippen molar-refractivity contribution in [3.8, 4) is 0 Å². The Morgan fingerprint density at radius 1 is 1.39 bits per heavy atom. The Kier molecular flexibility index (Phi) is 6.13. The van der Waals surface area contributed by atoms with Crippen LogP contribution in [0.4, 0.5) is 0 Å². The number of aryl methyl sites for hydroxylation is 1. The third kappa shape index (κ3) is 6.19. The molecule has 8 heteroatoms. The minimum atomic E-state index is -3.27. The first kappa shape index (κ1) is 14.4. The molecule has 0 aromatic carbocycles. The molecule has 1 rings (SSSR count). The zero-order chi connectivity index (χ0) is 13.3. The summed E-state index contributed by atoms with van der Waals surface area (Å²) in [5, 5.41) is 3.32. The van der Waals surface area contributed by atoms with E-state index in [4.69, 9.17) is 5.53 Å². The average molecular weight is 269 g/mol. The Hall–Kier alpha value is -1.63. The van der Waals surface area contributed by atoms with Gasteiger partial charge in [0.05, 0.1) is 5.75 Å². The van der Waals surface area contributed by atoms with Crippen molar-refractivity contribution in [3.05, 3.63) is 40.5 Å². The van der Waals surface area contributed by atoms with Crippen LogP contribution in [-0.4, -0.2) is 32.2 Å². The molecule has 1 heterocycles. The molecule has 0 amide bonds. The normalized spacial score (nSPS) is 10.9. The van der Waals surface area contributed by atoms with Crippen LogP contribution in [0.1, 0.15) is 12.0 Å². The van der Waals surface area contributed by atoms with E-state index in [2.05, 4.69) is 19.7 Å². The van der Waals surface area contributed by atoms with Gasteiger partial charge in [0.2, 0.25) is 10.0 Å². The third-order valence-electron chi connectivity index (χ3n) is 2.23. The fourth-order valence-electron chi connectivity index (χ4n) is 1.30. The van der Waals surface area contributed by atoms with Crippen molar-refractivity contribution in [1.82, 2.24) is 9.71 Å². The highest BCUT2D eigenvalue weighted by molar-refractivity contribution is 7.89. The summed E-state index contributed by atoms with van der Waals surface area (Å²) < 4.78 is 25.7. The lowest BCUT2D eigenvalue weighted by atomic mass is 10.2. The Labute approximate surface area is 106 Å². The molecule has 7 nitrogen and oxygen atoms in total. The first-order valence-electron chi connectivity index (χ1n) is 5.51. The molecule has 1 aromatic rings. The van der Waals surface area contributed by atoms with E-state index in [0.717, 1.165) is 5.56 Å². The second kappa shape index (κ2) is 7.65. The molecule has 0 radical (unpaired) electrons. The van der Waals surface area contributed by atoms with Crippen molar-refractivity contribution in [1.29, 1.82) is 0 Å². The predicted molar refractivity (Wildman–Crippen MR) is 68.4 cm³/mol. The summed E-state index contributed by atoms with van der Waals surface area (Å²) in [6, 6.07) is 3.58. The molecule has 0 unspecified atom stereocenters. The number of nitrogens with one attached hydrogen (secondary N) is 1. The highest BCUT2D eigenvalue weighted by Gasteiger charge is 2.09. The van der Waals surface area contributed by atoms with Crippen LogP contribution in [0, 0.1) is 0 Å². The van der Waals surface area contributed by atoms with Gasteiger partial charge in [0.15, 0.2) is 0 Å². The Bertz CT molecular complexity index is 496. The topological polar surface area (TPSA) is 108 Å². The zero-order valence-corrected chi connectivity index (χ0v) is 10.7. The van der Waals surface area contributed by atoms with Crippen molar-refractivity contribution in [2.24, 2.45) is 5.11 Å². The fraction of sp³-hybridized carbons (Fsp3) is 0.500. The summed E-state index contributed by atoms with van der Waals surface area (Å²) >= 11 is 0. The zero-order valence-electron chi connectivity index (χ0n) is 9.86. The molecule has 0 bridgehead atoms. The summed E-state index contributed by atoms with van der Waals surface area (Å²) in [6.07, 6.45) is 4.22. The molecule has 0 saturated heterocycles. The van der Waals surface area contributed by atoms with Gasteiger partial charge in [0.1, 0.15) is 0 Å². The van der Waals surface area contributed by atoms with Crippen LogP contribution in [0.5, 0.6) is 0 Å². The predicted octanol–water partition coefficient (Wildman–Crippen LogP) is 1.24. The van der Waals surface area contributed by atoms with Crippen molar-refractivity contribution >= 4 is 10.0 Å². The maximum Gasteiger partial charge on any atom is 0.211 e. The van der Waals surface area contributed by atoms with E-state index in [1.165, 1.54) is 0 Å². The van der Waals surface area contributed by atoms with Gasteiger partial charge in [-0.3, -0.25) is 4.98 Å². The molecule has 1 aromatic heterocycles. The van der Waals surface area contributed by atoms with Gasteiger partial charge in [-0.25, -0.2) is 13.1 Å². The maximum absolute atomic E-state index is 11.6. The summed E-state index contributed by atoms with van der Waals surface area (Å²) in [5.41, 5.74) is 8.98. The molecule has 0 aliphatic carbocycles. The monoisotopic (exact) mass is 269 g/mol. The van der Waals surface area contributed by atoms with Crippen LogP contribution in [0.25, 0.3) is 10.4 Å². The molecule has 0 atom stereocenters. The molecule has 0 saturated carbocycles. The van der Waals surface area contributed by atoms with E-state index in [-0.39, 0.29) is 12.3 Å². The maximum atomic E-state index is 11.6. The van der Waals surface area contributed by atoms with Crippen molar-refractivity contribution in [3.63, 3.8) is 0 Å². The molecule has 0 aliphatic heterocycles. The summed E-state index contributed by atoms with van der Waals surface area (Å²) in [4.78, 5) is 6.45. The van der Waals surface area contributed by atoms with Crippen molar-refractivity contribution in [2.75, 3.05) is 18.8 Å². The highest BCUT2D eigenvalue weighted by atomic mass is 32.2. The first-order chi connectivity index (χ1) is 8.64. The number of sulfonamides is 1. The lowest BCUT2D eigenvalue weighted by Crippen LogP contribution is -2.28. The van der Waals surface area contributed by atoms with Gasteiger partial charge >= 0.3 is 0 Å². The minimum Gasteiger partial charge on any atom is -0.265 e. The molecule has 18 heavy (non-hydrogen) atoms. The lowest BCUT2D eigenvalue weighted by molar-refractivity contribution is 0.578. The van der Waals surface area contributed by atoms with Crippen LogP contribution < -0.4 is 4.72 Å². The Morgan fingerprint density at radius 3 is 2.78 bits per heavy atom. The van der Waals surface area contributed by atoms with Gasteiger partial charge in [-0.1, -0.05) is 5.11 Å². The Balaban J connectivity index is 2.29. The number of aromatic nitrogens is 1. The van der Waals surface area contributed by atoms with Crippen LogP contribution in [0.15, 0.2) is 29.6 Å². The van der Waals surface area contributed by atoms with E-state index in [1.54, 1.807) is 24.5 Å². The molecular formula is C10H15N5O2S. The highest BCUT2D eigenvalue weighted by Crippen LogP contribution is 1.99. The van der Waals surface area contributed by atoms with E-state index in [0.29, 0.717) is 19.4 Å². The van der Waals surface area contributed by atoms with Gasteiger partial charge in [-0.15, -0.1) is 0 Å². The summed E-state index contributed by atoms with van der Waals surface area (Å²) in [6.45, 7) is 0.584. The molecule has 0 fully saturated rings. The second-order valence-corrected chi connectivity index (χ2v) is 5.55. The van der Waals surface area contributed by atoms with Crippen LogP contribution >= 0.6 is 0 Å². The van der Waals surface area contributed by atoms with E-state index in [9.17, 15) is 8.42 Å². The quantitative estimate of drug-likeness (QED) is 0.332. The van der Waals surface area contributed by atoms with Crippen molar-refractivity contribution in [2.45, 2.75) is 12.8 Å². The van der Waals surface area contributed by atoms with Crippen LogP contribution in [0.3, 0.4) is 0 Å². The molecular weight excluding hydrogens is 254 g/mol. The number of hydrogen-bond acceptors (Lipinski definition) is 4. The number of hydrogen-bond donors (Lipinski definition) is 1. The number of pyridine rings is 1. The van der Waals surface area contributed by atoms with Gasteiger partial charge in [-0.2, -0.15) is 0 Å². The van der Waals surface area contributed by atoms with Crippen LogP contribution in [0.2, 0.25) is 0 Å². The summed E-state index contributed by atoms with van der Waals surface area (Å²) in [7, 11) is -3.27. The number of nitrogens with zero attached hydrogens (tertiary/aromatic N) is 4. The molecule has 98 valence electrons. The standard InChI is InChI=1S/C10H15N5O2S/c11-15-13-5-1-6-14-18(16,17)9-4-10-2-7-12-8-3-10/h2-3,7-8,14H,1,4-6,9H2. The lowest BCUT2D eigenvalue weighted by Gasteiger charge is -2.05. The van der Waals surface area contributed by atoms with Gasteiger partial charge in [0.25, 0.3) is 0 Å². The SMILES string of the molecule is [N-]=[N+]=NCCCNS(=O)(=O)CCc1ccncc1. The minimum absolute atomic E-state index is 0.0402. The van der Waals surface area contributed by atoms with E-state index in [1.807, 2.05) is 0 Å². The smallest absolute Gasteiger partial charge is 0.211 e. The average Bonchev–Trinajstić information content (AvgIpc) is 2.38. The number of rotatable bonds is 8.